The Morgan fingerprint density at radius 1 is 1.33 bits per heavy atom. The smallest absolute Gasteiger partial charge is 0.254 e. The molecule has 1 aliphatic rings. The van der Waals surface area contributed by atoms with Crippen LogP contribution in [0.5, 0.6) is 0 Å². The summed E-state index contributed by atoms with van der Waals surface area (Å²) in [5.41, 5.74) is 8.98. The first-order valence-corrected chi connectivity index (χ1v) is 6.15. The Kier molecular flexibility index (Phi) is 3.73. The van der Waals surface area contributed by atoms with Gasteiger partial charge in [0.2, 0.25) is 0 Å². The molecule has 3 rings (SSSR count). The molecule has 0 amide bonds. The SMILES string of the molecule is Cl.NCCc1cc2cccc3c2n(c1=O)CCC3. The predicted octanol–water partition coefficient (Wildman–Crippen LogP) is 1.87. The van der Waals surface area contributed by atoms with E-state index in [4.69, 9.17) is 5.73 Å². The molecule has 1 aromatic carbocycles. The van der Waals surface area contributed by atoms with Gasteiger partial charge in [0.05, 0.1) is 5.52 Å². The number of benzene rings is 1. The van der Waals surface area contributed by atoms with Crippen LogP contribution in [0.4, 0.5) is 0 Å². The monoisotopic (exact) mass is 264 g/mol. The number of nitrogens with zero attached hydrogens (tertiary/aromatic N) is 1. The van der Waals surface area contributed by atoms with Gasteiger partial charge in [0.1, 0.15) is 0 Å². The highest BCUT2D eigenvalue weighted by atomic mass is 35.5. The number of hydrogen-bond acceptors (Lipinski definition) is 2. The lowest BCUT2D eigenvalue weighted by atomic mass is 9.99. The number of aromatic nitrogens is 1. The summed E-state index contributed by atoms with van der Waals surface area (Å²) < 4.78 is 1.93. The van der Waals surface area contributed by atoms with Gasteiger partial charge in [-0.1, -0.05) is 18.2 Å². The van der Waals surface area contributed by atoms with E-state index in [0.29, 0.717) is 13.0 Å². The number of rotatable bonds is 2. The number of hydrogen-bond donors (Lipinski definition) is 1. The van der Waals surface area contributed by atoms with Gasteiger partial charge in [-0.3, -0.25) is 4.79 Å². The third-order valence-electron chi connectivity index (χ3n) is 3.51. The number of pyridine rings is 1. The minimum absolute atomic E-state index is 0. The van der Waals surface area contributed by atoms with Gasteiger partial charge in [-0.05, 0) is 42.8 Å². The highest BCUT2D eigenvalue weighted by Gasteiger charge is 2.15. The van der Waals surface area contributed by atoms with Crippen LogP contribution in [0.3, 0.4) is 0 Å². The maximum absolute atomic E-state index is 12.3. The molecule has 0 bridgehead atoms. The fourth-order valence-electron chi connectivity index (χ4n) is 2.76. The van der Waals surface area contributed by atoms with Crippen LogP contribution in [0.25, 0.3) is 10.9 Å². The Labute approximate surface area is 112 Å². The van der Waals surface area contributed by atoms with Crippen LogP contribution in [-0.4, -0.2) is 11.1 Å². The summed E-state index contributed by atoms with van der Waals surface area (Å²) in [6, 6.07) is 8.29. The van der Waals surface area contributed by atoms with E-state index in [1.807, 2.05) is 10.6 Å². The zero-order valence-electron chi connectivity index (χ0n) is 10.2. The molecule has 0 unspecified atom stereocenters. The largest absolute Gasteiger partial charge is 0.330 e. The molecule has 1 aliphatic heterocycles. The van der Waals surface area contributed by atoms with E-state index in [-0.39, 0.29) is 18.0 Å². The highest BCUT2D eigenvalue weighted by molar-refractivity contribution is 5.85. The number of halogens is 1. The van der Waals surface area contributed by atoms with Gasteiger partial charge in [-0.15, -0.1) is 12.4 Å². The summed E-state index contributed by atoms with van der Waals surface area (Å²) in [5.74, 6) is 0. The van der Waals surface area contributed by atoms with E-state index in [0.717, 1.165) is 30.5 Å². The molecular weight excluding hydrogens is 248 g/mol. The van der Waals surface area contributed by atoms with Crippen LogP contribution < -0.4 is 11.3 Å². The van der Waals surface area contributed by atoms with Crippen molar-refractivity contribution in [1.29, 1.82) is 0 Å². The van der Waals surface area contributed by atoms with Gasteiger partial charge >= 0.3 is 0 Å². The second kappa shape index (κ2) is 5.12. The minimum Gasteiger partial charge on any atom is -0.330 e. The van der Waals surface area contributed by atoms with Crippen LogP contribution >= 0.6 is 12.4 Å². The van der Waals surface area contributed by atoms with Crippen LogP contribution in [-0.2, 0) is 19.4 Å². The zero-order chi connectivity index (χ0) is 11.8. The molecule has 2 heterocycles. The van der Waals surface area contributed by atoms with Crippen LogP contribution in [0.1, 0.15) is 17.5 Å². The molecule has 0 radical (unpaired) electrons. The van der Waals surface area contributed by atoms with Gasteiger partial charge in [0.25, 0.3) is 5.56 Å². The van der Waals surface area contributed by atoms with E-state index in [1.54, 1.807) is 0 Å². The van der Waals surface area contributed by atoms with Crippen molar-refractivity contribution in [2.75, 3.05) is 6.54 Å². The van der Waals surface area contributed by atoms with Gasteiger partial charge in [-0.25, -0.2) is 0 Å². The first-order chi connectivity index (χ1) is 8.31. The van der Waals surface area contributed by atoms with Crippen molar-refractivity contribution in [3.63, 3.8) is 0 Å². The van der Waals surface area contributed by atoms with Crippen LogP contribution in [0.2, 0.25) is 0 Å². The summed E-state index contributed by atoms with van der Waals surface area (Å²) in [5, 5.41) is 1.17. The molecule has 0 fully saturated rings. The minimum atomic E-state index is 0. The van der Waals surface area contributed by atoms with Gasteiger partial charge in [-0.2, -0.15) is 0 Å². The van der Waals surface area contributed by atoms with Crippen molar-refractivity contribution in [1.82, 2.24) is 4.57 Å². The predicted molar refractivity (Wildman–Crippen MR) is 76.5 cm³/mol. The Hall–Kier alpha value is -1.32. The molecule has 2 N–H and O–H groups in total. The molecule has 96 valence electrons. The van der Waals surface area contributed by atoms with Crippen molar-refractivity contribution >= 4 is 23.3 Å². The van der Waals surface area contributed by atoms with Crippen molar-refractivity contribution in [3.8, 4) is 0 Å². The number of para-hydroxylation sites is 1. The average Bonchev–Trinajstić information content (AvgIpc) is 2.36. The number of aryl methyl sites for hydroxylation is 2. The molecule has 1 aromatic heterocycles. The standard InChI is InChI=1S/C14H16N2O.ClH/c15-7-6-12-9-11-4-1-3-10-5-2-8-16(13(10)11)14(12)17;/h1,3-4,9H,2,5-8,15H2;1H. The Morgan fingerprint density at radius 2 is 2.17 bits per heavy atom. The molecule has 0 spiro atoms. The normalized spacial score (nSPS) is 13.4. The fraction of sp³-hybridized carbons (Fsp3) is 0.357. The molecular formula is C14H17ClN2O. The molecule has 0 saturated carbocycles. The van der Waals surface area contributed by atoms with E-state index >= 15 is 0 Å². The van der Waals surface area contributed by atoms with E-state index in [2.05, 4.69) is 18.2 Å². The molecule has 0 saturated heterocycles. The lowest BCUT2D eigenvalue weighted by molar-refractivity contribution is 0.611. The average molecular weight is 265 g/mol. The molecule has 3 nitrogen and oxygen atoms in total. The zero-order valence-corrected chi connectivity index (χ0v) is 11.0. The molecule has 0 aliphatic carbocycles. The number of nitrogens with two attached hydrogens (primary N) is 1. The molecule has 2 aromatic rings. The van der Waals surface area contributed by atoms with Crippen LogP contribution in [0, 0.1) is 0 Å². The van der Waals surface area contributed by atoms with Gasteiger partial charge in [0.15, 0.2) is 0 Å². The molecule has 0 atom stereocenters. The first-order valence-electron chi connectivity index (χ1n) is 6.15. The third kappa shape index (κ3) is 1.93. The highest BCUT2D eigenvalue weighted by Crippen LogP contribution is 2.23. The van der Waals surface area contributed by atoms with E-state index in [9.17, 15) is 4.79 Å². The topological polar surface area (TPSA) is 48.0 Å². The summed E-state index contributed by atoms with van der Waals surface area (Å²) in [6.45, 7) is 1.37. The van der Waals surface area contributed by atoms with Crippen molar-refractivity contribution in [2.45, 2.75) is 25.8 Å². The molecule has 18 heavy (non-hydrogen) atoms. The van der Waals surface area contributed by atoms with E-state index in [1.165, 1.54) is 10.9 Å². The fourth-order valence-corrected chi connectivity index (χ4v) is 2.76. The van der Waals surface area contributed by atoms with Crippen LogP contribution in [0.15, 0.2) is 29.1 Å². The third-order valence-corrected chi connectivity index (χ3v) is 3.51. The van der Waals surface area contributed by atoms with Crippen molar-refractivity contribution < 1.29 is 0 Å². The maximum atomic E-state index is 12.3. The maximum Gasteiger partial charge on any atom is 0.254 e. The Morgan fingerprint density at radius 3 is 2.94 bits per heavy atom. The molecule has 4 heteroatoms. The van der Waals surface area contributed by atoms with Gasteiger partial charge in [0, 0.05) is 12.1 Å². The summed E-state index contributed by atoms with van der Waals surface area (Å²) in [6.07, 6.45) is 2.80. The van der Waals surface area contributed by atoms with Gasteiger partial charge < -0.3 is 10.3 Å². The van der Waals surface area contributed by atoms with Crippen molar-refractivity contribution in [2.24, 2.45) is 5.73 Å². The lowest BCUT2D eigenvalue weighted by Gasteiger charge is -2.20. The second-order valence-corrected chi connectivity index (χ2v) is 4.62. The van der Waals surface area contributed by atoms with E-state index < -0.39 is 0 Å². The summed E-state index contributed by atoms with van der Waals surface area (Å²) in [7, 11) is 0. The quantitative estimate of drug-likeness (QED) is 0.900. The Balaban J connectivity index is 0.00000120. The summed E-state index contributed by atoms with van der Waals surface area (Å²) in [4.78, 5) is 12.3. The van der Waals surface area contributed by atoms with Crippen molar-refractivity contribution in [3.05, 3.63) is 45.7 Å². The second-order valence-electron chi connectivity index (χ2n) is 4.62. The Bertz CT molecular complexity index is 633. The first kappa shape index (κ1) is 13.1. The lowest BCUT2D eigenvalue weighted by Crippen LogP contribution is -2.28. The summed E-state index contributed by atoms with van der Waals surface area (Å²) >= 11 is 0.